The van der Waals surface area contributed by atoms with Gasteiger partial charge in [-0.2, -0.15) is 0 Å². The molecule has 2 fully saturated rings. The summed E-state index contributed by atoms with van der Waals surface area (Å²) in [5.74, 6) is 0.999. The summed E-state index contributed by atoms with van der Waals surface area (Å²) in [5, 5.41) is 3.48. The Bertz CT molecular complexity index is 596. The fourth-order valence-electron chi connectivity index (χ4n) is 3.80. The molecule has 2 aliphatic rings. The van der Waals surface area contributed by atoms with E-state index in [1.807, 2.05) is 31.2 Å². The van der Waals surface area contributed by atoms with Crippen LogP contribution in [0.4, 0.5) is 5.69 Å². The number of amides is 2. The second kappa shape index (κ2) is 6.44. The average Bonchev–Trinajstić information content (AvgIpc) is 2.79. The Morgan fingerprint density at radius 1 is 1.09 bits per heavy atom. The molecule has 1 N–H and O–H groups in total. The highest BCUT2D eigenvalue weighted by atomic mass is 16.2. The van der Waals surface area contributed by atoms with Crippen LogP contribution in [0.5, 0.6) is 0 Å². The zero-order valence-electron chi connectivity index (χ0n) is 14.2. The number of hydrogen-bond donors (Lipinski definition) is 1. The van der Waals surface area contributed by atoms with Gasteiger partial charge in [0.25, 0.3) is 5.91 Å². The zero-order valence-corrected chi connectivity index (χ0v) is 14.2. The van der Waals surface area contributed by atoms with Gasteiger partial charge in [-0.05, 0) is 37.3 Å². The highest BCUT2D eigenvalue weighted by Gasteiger charge is 2.41. The van der Waals surface area contributed by atoms with E-state index in [-0.39, 0.29) is 24.3 Å². The maximum absolute atomic E-state index is 12.7. The molecule has 23 heavy (non-hydrogen) atoms. The second-order valence-electron chi connectivity index (χ2n) is 7.20. The molecule has 0 unspecified atom stereocenters. The number of aryl methyl sites for hydroxylation is 1. The number of nitrogens with zero attached hydrogens (tertiary/aromatic N) is 1. The maximum Gasteiger partial charge on any atom is 0.251 e. The van der Waals surface area contributed by atoms with Gasteiger partial charge in [-0.25, -0.2) is 4.90 Å². The first-order valence-electron chi connectivity index (χ1n) is 8.67. The van der Waals surface area contributed by atoms with Crippen LogP contribution in [-0.2, 0) is 9.59 Å². The van der Waals surface area contributed by atoms with Crippen molar-refractivity contribution in [1.82, 2.24) is 5.32 Å². The van der Waals surface area contributed by atoms with Gasteiger partial charge in [0.05, 0.1) is 18.2 Å². The van der Waals surface area contributed by atoms with E-state index in [0.29, 0.717) is 23.6 Å². The van der Waals surface area contributed by atoms with Crippen molar-refractivity contribution in [1.29, 1.82) is 0 Å². The molecule has 3 rings (SSSR count). The minimum Gasteiger partial charge on any atom is -0.302 e. The first-order chi connectivity index (χ1) is 11.0. The molecule has 1 heterocycles. The van der Waals surface area contributed by atoms with E-state index in [0.717, 1.165) is 12.0 Å². The van der Waals surface area contributed by atoms with Gasteiger partial charge in [0.2, 0.25) is 5.91 Å². The fraction of sp³-hybridized carbons (Fsp3) is 0.579. The molecule has 124 valence electrons. The predicted octanol–water partition coefficient (Wildman–Crippen LogP) is 3.04. The molecule has 1 aliphatic carbocycles. The van der Waals surface area contributed by atoms with Crippen LogP contribution < -0.4 is 10.2 Å². The number of imide groups is 1. The minimum atomic E-state index is -0.374. The summed E-state index contributed by atoms with van der Waals surface area (Å²) in [6.07, 6.45) is 3.81. The van der Waals surface area contributed by atoms with Gasteiger partial charge < -0.3 is 5.32 Å². The van der Waals surface area contributed by atoms with Crippen LogP contribution in [0.1, 0.15) is 45.1 Å². The van der Waals surface area contributed by atoms with Crippen molar-refractivity contribution in [3.63, 3.8) is 0 Å². The van der Waals surface area contributed by atoms with Gasteiger partial charge >= 0.3 is 0 Å². The summed E-state index contributed by atoms with van der Waals surface area (Å²) in [4.78, 5) is 26.4. The third kappa shape index (κ3) is 3.18. The molecule has 0 spiro atoms. The smallest absolute Gasteiger partial charge is 0.251 e. The second-order valence-corrected chi connectivity index (χ2v) is 7.20. The molecule has 1 saturated carbocycles. The zero-order chi connectivity index (χ0) is 16.6. The van der Waals surface area contributed by atoms with Crippen LogP contribution in [0.15, 0.2) is 24.3 Å². The Kier molecular flexibility index (Phi) is 4.53. The average molecular weight is 314 g/mol. The Morgan fingerprint density at radius 2 is 1.78 bits per heavy atom. The van der Waals surface area contributed by atoms with Gasteiger partial charge in [0, 0.05) is 6.04 Å². The molecule has 4 atom stereocenters. The first-order valence-corrected chi connectivity index (χ1v) is 8.67. The summed E-state index contributed by atoms with van der Waals surface area (Å²) in [7, 11) is 0. The van der Waals surface area contributed by atoms with E-state index >= 15 is 0 Å². The third-order valence-electron chi connectivity index (χ3n) is 5.56. The number of carbonyl (C=O) groups excluding carboxylic acids is 2. The minimum absolute atomic E-state index is 0.104. The molecule has 4 nitrogen and oxygen atoms in total. The summed E-state index contributed by atoms with van der Waals surface area (Å²) in [6, 6.07) is 7.51. The van der Waals surface area contributed by atoms with Gasteiger partial charge in [-0.15, -0.1) is 0 Å². The largest absolute Gasteiger partial charge is 0.302 e. The lowest BCUT2D eigenvalue weighted by atomic mass is 9.78. The third-order valence-corrected chi connectivity index (χ3v) is 5.56. The van der Waals surface area contributed by atoms with E-state index in [2.05, 4.69) is 19.2 Å². The lowest BCUT2D eigenvalue weighted by molar-refractivity contribution is -0.121. The molecular weight excluding hydrogens is 288 g/mol. The Labute approximate surface area is 138 Å². The molecule has 1 aromatic carbocycles. The standard InChI is InChI=1S/C19H26N2O2/c1-12-7-9-15(10-8-12)21-18(22)11-17(19(21)23)20-16-6-4-5-13(2)14(16)3/h7-10,13-14,16-17,20H,4-6,11H2,1-3H3/t13-,14+,16+,17-/m0/s1. The molecule has 2 amide bonds. The van der Waals surface area contributed by atoms with Crippen LogP contribution in [-0.4, -0.2) is 23.9 Å². The summed E-state index contributed by atoms with van der Waals surface area (Å²) >= 11 is 0. The number of anilines is 1. The lowest BCUT2D eigenvalue weighted by Crippen LogP contribution is -2.48. The molecule has 4 heteroatoms. The topological polar surface area (TPSA) is 49.4 Å². The summed E-state index contributed by atoms with van der Waals surface area (Å²) in [6.45, 7) is 6.52. The van der Waals surface area contributed by atoms with Crippen LogP contribution >= 0.6 is 0 Å². The predicted molar refractivity (Wildman–Crippen MR) is 91.2 cm³/mol. The monoisotopic (exact) mass is 314 g/mol. The van der Waals surface area contributed by atoms with Gasteiger partial charge in [-0.3, -0.25) is 9.59 Å². The highest BCUT2D eigenvalue weighted by molar-refractivity contribution is 6.22. The molecule has 1 aromatic rings. The number of hydrogen-bond acceptors (Lipinski definition) is 3. The summed E-state index contributed by atoms with van der Waals surface area (Å²) < 4.78 is 0. The molecule has 0 bridgehead atoms. The Balaban J connectivity index is 1.72. The molecular formula is C19H26N2O2. The Hall–Kier alpha value is -1.68. The normalized spacial score (nSPS) is 31.7. The van der Waals surface area contributed by atoms with Crippen molar-refractivity contribution in [3.05, 3.63) is 29.8 Å². The van der Waals surface area contributed by atoms with Crippen molar-refractivity contribution in [2.24, 2.45) is 11.8 Å². The number of benzene rings is 1. The van der Waals surface area contributed by atoms with Gasteiger partial charge in [0.15, 0.2) is 0 Å². The fourth-order valence-corrected chi connectivity index (χ4v) is 3.80. The quantitative estimate of drug-likeness (QED) is 0.873. The van der Waals surface area contributed by atoms with E-state index in [1.54, 1.807) is 0 Å². The van der Waals surface area contributed by atoms with E-state index in [9.17, 15) is 9.59 Å². The van der Waals surface area contributed by atoms with Crippen LogP contribution in [0.25, 0.3) is 0 Å². The SMILES string of the molecule is Cc1ccc(N2C(=O)C[C@H](N[C@@H]3CCC[C@H](C)[C@H]3C)C2=O)cc1. The van der Waals surface area contributed by atoms with Crippen LogP contribution in [0, 0.1) is 18.8 Å². The maximum atomic E-state index is 12.7. The van der Waals surface area contributed by atoms with E-state index in [1.165, 1.54) is 17.7 Å². The van der Waals surface area contributed by atoms with Crippen molar-refractivity contribution in [2.45, 2.75) is 58.5 Å². The summed E-state index contributed by atoms with van der Waals surface area (Å²) in [5.41, 5.74) is 1.80. The van der Waals surface area contributed by atoms with E-state index in [4.69, 9.17) is 0 Å². The first kappa shape index (κ1) is 16.2. The number of carbonyl (C=O) groups is 2. The van der Waals surface area contributed by atoms with Crippen molar-refractivity contribution >= 4 is 17.5 Å². The van der Waals surface area contributed by atoms with Crippen molar-refractivity contribution < 1.29 is 9.59 Å². The van der Waals surface area contributed by atoms with Gasteiger partial charge in [-0.1, -0.05) is 44.4 Å². The molecule has 0 radical (unpaired) electrons. The highest BCUT2D eigenvalue weighted by Crippen LogP contribution is 2.31. The van der Waals surface area contributed by atoms with Crippen LogP contribution in [0.2, 0.25) is 0 Å². The lowest BCUT2D eigenvalue weighted by Gasteiger charge is -2.36. The van der Waals surface area contributed by atoms with Gasteiger partial charge in [0.1, 0.15) is 0 Å². The van der Waals surface area contributed by atoms with Crippen molar-refractivity contribution in [2.75, 3.05) is 4.90 Å². The molecule has 1 saturated heterocycles. The Morgan fingerprint density at radius 3 is 2.48 bits per heavy atom. The van der Waals surface area contributed by atoms with Crippen LogP contribution in [0.3, 0.4) is 0 Å². The molecule has 1 aliphatic heterocycles. The molecule has 0 aromatic heterocycles. The van der Waals surface area contributed by atoms with E-state index < -0.39 is 0 Å². The van der Waals surface area contributed by atoms with Crippen molar-refractivity contribution in [3.8, 4) is 0 Å². The number of nitrogens with one attached hydrogen (secondary N) is 1. The number of rotatable bonds is 3.